The van der Waals surface area contributed by atoms with E-state index in [1.165, 1.54) is 18.2 Å². The molecule has 4 heteroatoms. The number of aromatic carboxylic acids is 1. The molecule has 0 spiro atoms. The lowest BCUT2D eigenvalue weighted by Crippen LogP contribution is -2.37. The summed E-state index contributed by atoms with van der Waals surface area (Å²) in [6.07, 6.45) is 2.07. The Balaban J connectivity index is 2.54. The Hall–Kier alpha value is -2.59. The molecule has 2 aromatic rings. The van der Waals surface area contributed by atoms with Crippen LogP contribution in [0, 0.1) is 0 Å². The summed E-state index contributed by atoms with van der Waals surface area (Å²) in [5.41, 5.74) is 2.46. The molecular weight excluding hydrogens is 326 g/mol. The van der Waals surface area contributed by atoms with Crippen molar-refractivity contribution in [3.05, 3.63) is 71.3 Å². The van der Waals surface area contributed by atoms with Crippen molar-refractivity contribution < 1.29 is 15.0 Å². The van der Waals surface area contributed by atoms with Crippen molar-refractivity contribution in [1.29, 1.82) is 0 Å². The van der Waals surface area contributed by atoms with Crippen LogP contribution in [0.3, 0.4) is 0 Å². The summed E-state index contributed by atoms with van der Waals surface area (Å²) in [5.74, 6) is -0.935. The first-order valence-electron chi connectivity index (χ1n) is 8.89. The van der Waals surface area contributed by atoms with Crippen LogP contribution in [0.15, 0.2) is 54.6 Å². The first kappa shape index (κ1) is 19.7. The lowest BCUT2D eigenvalue weighted by atomic mass is 9.95. The van der Waals surface area contributed by atoms with Gasteiger partial charge in [0.15, 0.2) is 0 Å². The van der Waals surface area contributed by atoms with Gasteiger partial charge in [-0.05, 0) is 57.0 Å². The molecule has 0 heterocycles. The standard InChI is InChI=1S/C22H27NO3/c1-15(2)23(16(3)4)13-12-19(17-8-6-5-7-9-17)20-14-18(22(25)26)10-11-21(20)24/h5-12,14-16,24H,13H2,1-4H3,(H,25,26)/b19-12-. The molecule has 0 saturated heterocycles. The average Bonchev–Trinajstić information content (AvgIpc) is 2.59. The van der Waals surface area contributed by atoms with Gasteiger partial charge in [-0.25, -0.2) is 4.79 Å². The van der Waals surface area contributed by atoms with Crippen molar-refractivity contribution >= 4 is 11.5 Å². The molecule has 0 saturated carbocycles. The van der Waals surface area contributed by atoms with Gasteiger partial charge in [0.25, 0.3) is 0 Å². The monoisotopic (exact) mass is 353 g/mol. The quantitative estimate of drug-likeness (QED) is 0.761. The summed E-state index contributed by atoms with van der Waals surface area (Å²) in [6, 6.07) is 14.9. The fourth-order valence-corrected chi connectivity index (χ4v) is 3.10. The molecule has 0 atom stereocenters. The smallest absolute Gasteiger partial charge is 0.335 e. The molecule has 0 aliphatic rings. The van der Waals surface area contributed by atoms with E-state index in [1.54, 1.807) is 0 Å². The van der Waals surface area contributed by atoms with E-state index in [0.717, 1.165) is 11.1 Å². The fraction of sp³-hybridized carbons (Fsp3) is 0.318. The van der Waals surface area contributed by atoms with E-state index in [-0.39, 0.29) is 11.3 Å². The second-order valence-corrected chi connectivity index (χ2v) is 6.91. The molecule has 4 nitrogen and oxygen atoms in total. The molecule has 2 rings (SSSR count). The van der Waals surface area contributed by atoms with Crippen LogP contribution in [-0.2, 0) is 0 Å². The van der Waals surface area contributed by atoms with E-state index in [4.69, 9.17) is 0 Å². The normalized spacial score (nSPS) is 12.2. The highest BCUT2D eigenvalue weighted by Crippen LogP contribution is 2.31. The third kappa shape index (κ3) is 4.73. The molecule has 0 fully saturated rings. The van der Waals surface area contributed by atoms with Gasteiger partial charge in [0, 0.05) is 24.2 Å². The Labute approximate surface area is 155 Å². The van der Waals surface area contributed by atoms with Crippen LogP contribution in [0.25, 0.3) is 5.57 Å². The summed E-state index contributed by atoms with van der Waals surface area (Å²) in [6.45, 7) is 9.31. The zero-order valence-corrected chi connectivity index (χ0v) is 15.8. The molecule has 2 aromatic carbocycles. The maximum absolute atomic E-state index is 11.4. The van der Waals surface area contributed by atoms with E-state index in [2.05, 4.69) is 38.7 Å². The van der Waals surface area contributed by atoms with Crippen LogP contribution in [0.2, 0.25) is 0 Å². The number of phenolic OH excluding ortho intramolecular Hbond substituents is 1. The summed E-state index contributed by atoms with van der Waals surface area (Å²) < 4.78 is 0. The summed E-state index contributed by atoms with van der Waals surface area (Å²) in [4.78, 5) is 13.7. The van der Waals surface area contributed by atoms with Gasteiger partial charge in [-0.3, -0.25) is 4.90 Å². The van der Waals surface area contributed by atoms with Gasteiger partial charge in [-0.2, -0.15) is 0 Å². The molecule has 0 aromatic heterocycles. The summed E-state index contributed by atoms with van der Waals surface area (Å²) in [5, 5.41) is 19.7. The average molecular weight is 353 g/mol. The number of carboxylic acid groups (broad SMARTS) is 1. The fourth-order valence-electron chi connectivity index (χ4n) is 3.10. The lowest BCUT2D eigenvalue weighted by Gasteiger charge is -2.29. The molecule has 26 heavy (non-hydrogen) atoms. The van der Waals surface area contributed by atoms with Crippen molar-refractivity contribution in [2.75, 3.05) is 6.54 Å². The predicted octanol–water partition coefficient (Wildman–Crippen LogP) is 4.64. The minimum Gasteiger partial charge on any atom is -0.507 e. The van der Waals surface area contributed by atoms with Crippen LogP contribution in [-0.4, -0.2) is 39.7 Å². The van der Waals surface area contributed by atoms with Crippen LogP contribution in [0.5, 0.6) is 5.75 Å². The van der Waals surface area contributed by atoms with Gasteiger partial charge in [0.1, 0.15) is 5.75 Å². The van der Waals surface area contributed by atoms with Crippen LogP contribution in [0.1, 0.15) is 49.2 Å². The maximum atomic E-state index is 11.4. The number of hydrogen-bond donors (Lipinski definition) is 2. The number of benzene rings is 2. The van der Waals surface area contributed by atoms with Crippen molar-refractivity contribution in [3.63, 3.8) is 0 Å². The third-order valence-corrected chi connectivity index (χ3v) is 4.45. The molecule has 0 amide bonds. The number of carbonyl (C=O) groups is 1. The molecular formula is C22H27NO3. The molecule has 0 aliphatic heterocycles. The van der Waals surface area contributed by atoms with Gasteiger partial charge >= 0.3 is 5.97 Å². The van der Waals surface area contributed by atoms with Gasteiger partial charge in [0.2, 0.25) is 0 Å². The summed E-state index contributed by atoms with van der Waals surface area (Å²) >= 11 is 0. The number of carboxylic acids is 1. The maximum Gasteiger partial charge on any atom is 0.335 e. The number of rotatable bonds is 7. The Kier molecular flexibility index (Phi) is 6.58. The van der Waals surface area contributed by atoms with E-state index in [9.17, 15) is 15.0 Å². The largest absolute Gasteiger partial charge is 0.507 e. The van der Waals surface area contributed by atoms with Gasteiger partial charge in [-0.15, -0.1) is 0 Å². The zero-order chi connectivity index (χ0) is 19.3. The Morgan fingerprint density at radius 1 is 1.00 bits per heavy atom. The molecule has 138 valence electrons. The summed E-state index contributed by atoms with van der Waals surface area (Å²) in [7, 11) is 0. The minimum atomic E-state index is -1.01. The molecule has 0 bridgehead atoms. The second-order valence-electron chi connectivity index (χ2n) is 6.91. The van der Waals surface area contributed by atoms with Crippen molar-refractivity contribution in [2.24, 2.45) is 0 Å². The number of aromatic hydroxyl groups is 1. The number of nitrogens with zero attached hydrogens (tertiary/aromatic N) is 1. The van der Waals surface area contributed by atoms with Crippen molar-refractivity contribution in [2.45, 2.75) is 39.8 Å². The van der Waals surface area contributed by atoms with E-state index in [1.807, 2.05) is 30.3 Å². The SMILES string of the molecule is CC(C)N(C/C=C(/c1ccccc1)c1cc(C(=O)O)ccc1O)C(C)C. The first-order valence-corrected chi connectivity index (χ1v) is 8.89. The number of phenols is 1. The second kappa shape index (κ2) is 8.68. The minimum absolute atomic E-state index is 0.0748. The molecule has 0 aliphatic carbocycles. The topological polar surface area (TPSA) is 60.8 Å². The molecule has 2 N–H and O–H groups in total. The van der Waals surface area contributed by atoms with Gasteiger partial charge < -0.3 is 10.2 Å². The van der Waals surface area contributed by atoms with Crippen LogP contribution < -0.4 is 0 Å². The highest BCUT2D eigenvalue weighted by Gasteiger charge is 2.16. The molecule has 0 unspecified atom stereocenters. The van der Waals surface area contributed by atoms with E-state index >= 15 is 0 Å². The third-order valence-electron chi connectivity index (χ3n) is 4.45. The van der Waals surface area contributed by atoms with Crippen LogP contribution in [0.4, 0.5) is 0 Å². The Bertz CT molecular complexity index is 771. The highest BCUT2D eigenvalue weighted by molar-refractivity contribution is 5.91. The number of hydrogen-bond acceptors (Lipinski definition) is 3. The van der Waals surface area contributed by atoms with Crippen molar-refractivity contribution in [3.8, 4) is 5.75 Å². The molecule has 0 radical (unpaired) electrons. The lowest BCUT2D eigenvalue weighted by molar-refractivity contribution is 0.0697. The van der Waals surface area contributed by atoms with E-state index in [0.29, 0.717) is 24.2 Å². The van der Waals surface area contributed by atoms with Gasteiger partial charge in [0.05, 0.1) is 5.56 Å². The predicted molar refractivity (Wildman–Crippen MR) is 106 cm³/mol. The first-order chi connectivity index (χ1) is 12.3. The van der Waals surface area contributed by atoms with Crippen LogP contribution >= 0.6 is 0 Å². The Morgan fingerprint density at radius 3 is 2.15 bits per heavy atom. The van der Waals surface area contributed by atoms with Gasteiger partial charge in [-0.1, -0.05) is 36.4 Å². The Morgan fingerprint density at radius 2 is 1.62 bits per heavy atom. The highest BCUT2D eigenvalue weighted by atomic mass is 16.4. The van der Waals surface area contributed by atoms with E-state index < -0.39 is 5.97 Å². The van der Waals surface area contributed by atoms with Crippen molar-refractivity contribution in [1.82, 2.24) is 4.90 Å². The zero-order valence-electron chi connectivity index (χ0n) is 15.8.